The molecule has 0 aliphatic carbocycles. The Morgan fingerprint density at radius 3 is 2.38 bits per heavy atom. The van der Waals surface area contributed by atoms with Crippen molar-refractivity contribution in [2.24, 2.45) is 4.99 Å². The summed E-state index contributed by atoms with van der Waals surface area (Å²) in [4.78, 5) is 4.27. The number of nitrogens with two attached hydrogens (primary N) is 1. The minimum atomic E-state index is 0.247. The number of para-hydroxylation sites is 2. The van der Waals surface area contributed by atoms with Crippen LogP contribution >= 0.6 is 0 Å². The lowest BCUT2D eigenvalue weighted by Gasteiger charge is -1.98. The zero-order valence-corrected chi connectivity index (χ0v) is 8.67. The fourth-order valence-electron chi connectivity index (χ4n) is 1.31. The van der Waals surface area contributed by atoms with E-state index in [1.165, 1.54) is 0 Å². The molecule has 0 aliphatic rings. The lowest BCUT2D eigenvalue weighted by molar-refractivity contribution is 0.475. The average Bonchev–Trinajstić information content (AvgIpc) is 2.30. The molecule has 0 unspecified atom stereocenters. The molecule has 0 aliphatic heterocycles. The highest BCUT2D eigenvalue weighted by atomic mass is 16.3. The molecular formula is C13H12N2O. The summed E-state index contributed by atoms with van der Waals surface area (Å²) >= 11 is 0. The fourth-order valence-corrected chi connectivity index (χ4v) is 1.31. The van der Waals surface area contributed by atoms with Crippen LogP contribution in [0.3, 0.4) is 0 Å². The predicted octanol–water partition coefficient (Wildman–Crippen LogP) is 2.73. The number of aliphatic imine (C=N–C) groups is 1. The summed E-state index contributed by atoms with van der Waals surface area (Å²) in [7, 11) is 0. The van der Waals surface area contributed by atoms with Crippen LogP contribution in [-0.4, -0.2) is 11.3 Å². The molecule has 2 aromatic carbocycles. The Labute approximate surface area is 93.9 Å². The molecule has 0 radical (unpaired) electrons. The summed E-state index contributed by atoms with van der Waals surface area (Å²) in [6.07, 6.45) is 1.71. The number of nitrogens with zero attached hydrogens (tertiary/aromatic N) is 1. The molecule has 0 aromatic heterocycles. The Kier molecular flexibility index (Phi) is 2.87. The van der Waals surface area contributed by atoms with E-state index in [1.807, 2.05) is 24.3 Å². The molecule has 80 valence electrons. The predicted molar refractivity (Wildman–Crippen MR) is 66.2 cm³/mol. The van der Waals surface area contributed by atoms with Crippen molar-refractivity contribution in [1.29, 1.82) is 0 Å². The van der Waals surface area contributed by atoms with E-state index in [9.17, 15) is 0 Å². The van der Waals surface area contributed by atoms with Crippen LogP contribution in [0.15, 0.2) is 53.5 Å². The molecule has 2 aromatic rings. The second kappa shape index (κ2) is 4.49. The van der Waals surface area contributed by atoms with E-state index in [1.54, 1.807) is 30.5 Å². The molecule has 0 bridgehead atoms. The highest BCUT2D eigenvalue weighted by Crippen LogP contribution is 2.20. The third-order valence-electron chi connectivity index (χ3n) is 2.18. The lowest BCUT2D eigenvalue weighted by atomic mass is 10.2. The molecule has 2 rings (SSSR count). The van der Waals surface area contributed by atoms with Gasteiger partial charge in [0.15, 0.2) is 0 Å². The number of hydrogen-bond acceptors (Lipinski definition) is 3. The van der Waals surface area contributed by atoms with Gasteiger partial charge in [-0.05, 0) is 42.0 Å². The van der Waals surface area contributed by atoms with Gasteiger partial charge in [0.25, 0.3) is 0 Å². The first kappa shape index (κ1) is 10.2. The zero-order valence-electron chi connectivity index (χ0n) is 8.67. The first-order valence-electron chi connectivity index (χ1n) is 4.93. The van der Waals surface area contributed by atoms with Gasteiger partial charge < -0.3 is 10.8 Å². The van der Waals surface area contributed by atoms with Crippen molar-refractivity contribution in [3.8, 4) is 5.75 Å². The topological polar surface area (TPSA) is 58.6 Å². The van der Waals surface area contributed by atoms with Gasteiger partial charge in [0.2, 0.25) is 0 Å². The highest BCUT2D eigenvalue weighted by molar-refractivity contribution is 5.83. The van der Waals surface area contributed by atoms with E-state index in [4.69, 9.17) is 10.8 Å². The van der Waals surface area contributed by atoms with Crippen molar-refractivity contribution in [2.75, 3.05) is 5.73 Å². The molecule has 3 N–H and O–H groups in total. The molecule has 0 heterocycles. The monoisotopic (exact) mass is 212 g/mol. The quantitative estimate of drug-likeness (QED) is 0.594. The van der Waals surface area contributed by atoms with Gasteiger partial charge in [0.1, 0.15) is 5.75 Å². The number of phenols is 1. The van der Waals surface area contributed by atoms with Crippen molar-refractivity contribution in [2.45, 2.75) is 0 Å². The van der Waals surface area contributed by atoms with E-state index >= 15 is 0 Å². The second-order valence-corrected chi connectivity index (χ2v) is 3.41. The van der Waals surface area contributed by atoms with Gasteiger partial charge in [-0.3, -0.25) is 4.99 Å². The molecule has 0 spiro atoms. The third kappa shape index (κ3) is 2.39. The van der Waals surface area contributed by atoms with Crippen LogP contribution < -0.4 is 5.73 Å². The van der Waals surface area contributed by atoms with Crippen LogP contribution in [0.1, 0.15) is 5.56 Å². The van der Waals surface area contributed by atoms with Gasteiger partial charge in [-0.15, -0.1) is 0 Å². The van der Waals surface area contributed by atoms with Crippen molar-refractivity contribution >= 4 is 17.6 Å². The first-order chi connectivity index (χ1) is 7.75. The summed E-state index contributed by atoms with van der Waals surface area (Å²) in [5.74, 6) is 0.247. The van der Waals surface area contributed by atoms with Crippen molar-refractivity contribution in [3.63, 3.8) is 0 Å². The molecular weight excluding hydrogens is 200 g/mol. The third-order valence-corrected chi connectivity index (χ3v) is 2.18. The van der Waals surface area contributed by atoms with Gasteiger partial charge in [-0.25, -0.2) is 0 Å². The van der Waals surface area contributed by atoms with Crippen LogP contribution in [0.5, 0.6) is 5.75 Å². The van der Waals surface area contributed by atoms with Crippen molar-refractivity contribution in [1.82, 2.24) is 0 Å². The number of anilines is 1. The summed E-state index contributed by atoms with van der Waals surface area (Å²) in [6, 6.07) is 14.2. The van der Waals surface area contributed by atoms with Crippen LogP contribution in [0, 0.1) is 0 Å². The summed E-state index contributed by atoms with van der Waals surface area (Å²) in [6.45, 7) is 0. The Bertz CT molecular complexity index is 504. The Morgan fingerprint density at radius 1 is 1.00 bits per heavy atom. The van der Waals surface area contributed by atoms with Crippen LogP contribution in [0.4, 0.5) is 11.4 Å². The van der Waals surface area contributed by atoms with Gasteiger partial charge >= 0.3 is 0 Å². The van der Waals surface area contributed by atoms with Crippen LogP contribution in [0.25, 0.3) is 0 Å². The summed E-state index contributed by atoms with van der Waals surface area (Å²) in [5, 5.41) is 9.12. The molecule has 0 amide bonds. The highest BCUT2D eigenvalue weighted by Gasteiger charge is 1.93. The van der Waals surface area contributed by atoms with Gasteiger partial charge in [-0.1, -0.05) is 12.1 Å². The maximum absolute atomic E-state index is 9.12. The number of phenolic OH excluding ortho intramolecular Hbond substituents is 1. The molecule has 3 heteroatoms. The second-order valence-electron chi connectivity index (χ2n) is 3.41. The Hall–Kier alpha value is -2.29. The first-order valence-corrected chi connectivity index (χ1v) is 4.93. The molecule has 3 nitrogen and oxygen atoms in total. The van der Waals surface area contributed by atoms with Crippen molar-refractivity contribution in [3.05, 3.63) is 54.1 Å². The Morgan fingerprint density at radius 2 is 1.69 bits per heavy atom. The maximum atomic E-state index is 9.12. The van der Waals surface area contributed by atoms with Gasteiger partial charge in [0.05, 0.1) is 11.4 Å². The summed E-state index contributed by atoms with van der Waals surface area (Å²) < 4.78 is 0. The van der Waals surface area contributed by atoms with Crippen LogP contribution in [0.2, 0.25) is 0 Å². The van der Waals surface area contributed by atoms with E-state index in [0.717, 1.165) is 11.3 Å². The van der Waals surface area contributed by atoms with Crippen molar-refractivity contribution < 1.29 is 5.11 Å². The number of aromatic hydroxyl groups is 1. The van der Waals surface area contributed by atoms with Gasteiger partial charge in [-0.2, -0.15) is 0 Å². The van der Waals surface area contributed by atoms with E-state index < -0.39 is 0 Å². The zero-order chi connectivity index (χ0) is 11.4. The Balaban J connectivity index is 2.21. The standard InChI is InChI=1S/C13H12N2O/c14-12-3-1-2-4-13(12)15-9-10-5-7-11(16)8-6-10/h1-9,16H,14H2. The van der Waals surface area contributed by atoms with Crippen LogP contribution in [-0.2, 0) is 0 Å². The normalized spacial score (nSPS) is 10.8. The summed E-state index contributed by atoms with van der Waals surface area (Å²) in [5.41, 5.74) is 8.07. The largest absolute Gasteiger partial charge is 0.508 e. The van der Waals surface area contributed by atoms with E-state index in [-0.39, 0.29) is 5.75 Å². The smallest absolute Gasteiger partial charge is 0.115 e. The molecule has 0 saturated carbocycles. The number of nitrogen functional groups attached to an aromatic ring is 1. The maximum Gasteiger partial charge on any atom is 0.115 e. The molecule has 16 heavy (non-hydrogen) atoms. The van der Waals surface area contributed by atoms with E-state index in [2.05, 4.69) is 4.99 Å². The molecule has 0 fully saturated rings. The van der Waals surface area contributed by atoms with E-state index in [0.29, 0.717) is 5.69 Å². The SMILES string of the molecule is Nc1ccccc1N=Cc1ccc(O)cc1. The van der Waals surface area contributed by atoms with Gasteiger partial charge in [0, 0.05) is 6.21 Å². The lowest BCUT2D eigenvalue weighted by Crippen LogP contribution is -1.85. The average molecular weight is 212 g/mol. The minimum absolute atomic E-state index is 0.247. The fraction of sp³-hybridized carbons (Fsp3) is 0. The molecule has 0 atom stereocenters. The number of benzene rings is 2. The number of rotatable bonds is 2. The molecule has 0 saturated heterocycles. The minimum Gasteiger partial charge on any atom is -0.508 e. The number of hydrogen-bond donors (Lipinski definition) is 2.